The van der Waals surface area contributed by atoms with Crippen molar-refractivity contribution in [2.75, 3.05) is 0 Å². The summed E-state index contributed by atoms with van der Waals surface area (Å²) in [6, 6.07) is 56.7. The molecule has 0 saturated heterocycles. The number of hydrogen-bond donors (Lipinski definition) is 0. The second kappa shape index (κ2) is 12.6. The standard InChI is InChI=1S/C49H28F3N3/c50-41-24-23-35(48(51)49(41)52)34-27-46(54-42-17-9-7-15-36(42)38-21-19-32(25-44(38)54)30-11-3-1-4-12-30)40(29-53)47(28-34)55-43-18-10-8-16-37(43)39-22-20-33(26-45(39)55)31-13-5-2-6-14-31/h1-28H. The van der Waals surface area contributed by atoms with E-state index in [0.29, 0.717) is 16.9 Å². The summed E-state index contributed by atoms with van der Waals surface area (Å²) in [6.07, 6.45) is 0. The number of para-hydroxylation sites is 2. The average molecular weight is 716 g/mol. The Morgan fingerprint density at radius 1 is 0.382 bits per heavy atom. The first kappa shape index (κ1) is 32.3. The summed E-state index contributed by atoms with van der Waals surface area (Å²) >= 11 is 0. The predicted octanol–water partition coefficient (Wildman–Crippen LogP) is 13.2. The fourth-order valence-electron chi connectivity index (χ4n) is 8.06. The van der Waals surface area contributed by atoms with E-state index in [1.54, 1.807) is 12.1 Å². The highest BCUT2D eigenvalue weighted by molar-refractivity contribution is 6.12. The topological polar surface area (TPSA) is 33.6 Å². The van der Waals surface area contributed by atoms with Gasteiger partial charge in [0.2, 0.25) is 0 Å². The highest BCUT2D eigenvalue weighted by atomic mass is 19.2. The van der Waals surface area contributed by atoms with Crippen LogP contribution in [0.4, 0.5) is 13.2 Å². The van der Waals surface area contributed by atoms with Crippen LogP contribution in [0.2, 0.25) is 0 Å². The van der Waals surface area contributed by atoms with Crippen LogP contribution in [0.25, 0.3) is 88.4 Å². The Morgan fingerprint density at radius 3 is 1.33 bits per heavy atom. The zero-order valence-corrected chi connectivity index (χ0v) is 29.1. The average Bonchev–Trinajstić information content (AvgIpc) is 3.75. The summed E-state index contributed by atoms with van der Waals surface area (Å²) in [6.45, 7) is 0. The molecule has 2 heterocycles. The van der Waals surface area contributed by atoms with E-state index in [4.69, 9.17) is 0 Å². The van der Waals surface area contributed by atoms with Gasteiger partial charge in [0, 0.05) is 27.1 Å². The number of nitrogens with zero attached hydrogens (tertiary/aromatic N) is 3. The van der Waals surface area contributed by atoms with Gasteiger partial charge in [-0.3, -0.25) is 0 Å². The van der Waals surface area contributed by atoms with Crippen molar-refractivity contribution in [2.24, 2.45) is 0 Å². The van der Waals surface area contributed by atoms with Gasteiger partial charge in [-0.05, 0) is 76.3 Å². The number of benzene rings is 8. The van der Waals surface area contributed by atoms with Crippen molar-refractivity contribution >= 4 is 43.6 Å². The Labute approximate surface area is 314 Å². The number of nitriles is 1. The van der Waals surface area contributed by atoms with Gasteiger partial charge in [-0.25, -0.2) is 13.2 Å². The lowest BCUT2D eigenvalue weighted by Crippen LogP contribution is -2.06. The number of rotatable bonds is 5. The van der Waals surface area contributed by atoms with E-state index in [9.17, 15) is 9.65 Å². The Balaban J connectivity index is 1.36. The summed E-state index contributed by atoms with van der Waals surface area (Å²) in [4.78, 5) is 0. The molecule has 0 aliphatic heterocycles. The smallest absolute Gasteiger partial charge is 0.195 e. The minimum Gasteiger partial charge on any atom is -0.308 e. The molecule has 0 atom stereocenters. The van der Waals surface area contributed by atoms with Crippen LogP contribution < -0.4 is 0 Å². The van der Waals surface area contributed by atoms with Crippen LogP contribution in [0.15, 0.2) is 170 Å². The second-order valence-corrected chi connectivity index (χ2v) is 13.6. The van der Waals surface area contributed by atoms with Gasteiger partial charge in [0.1, 0.15) is 11.6 Å². The van der Waals surface area contributed by atoms with Gasteiger partial charge in [-0.1, -0.05) is 121 Å². The highest BCUT2D eigenvalue weighted by Crippen LogP contribution is 2.42. The van der Waals surface area contributed by atoms with Crippen molar-refractivity contribution in [3.63, 3.8) is 0 Å². The Hall–Kier alpha value is -7.36. The molecule has 8 aromatic carbocycles. The van der Waals surface area contributed by atoms with Crippen molar-refractivity contribution < 1.29 is 13.2 Å². The fraction of sp³-hybridized carbons (Fsp3) is 0. The molecule has 3 nitrogen and oxygen atoms in total. The van der Waals surface area contributed by atoms with E-state index in [0.717, 1.165) is 71.9 Å². The lowest BCUT2D eigenvalue weighted by Gasteiger charge is -2.19. The van der Waals surface area contributed by atoms with Crippen molar-refractivity contribution in [2.45, 2.75) is 0 Å². The van der Waals surface area contributed by atoms with Gasteiger partial charge < -0.3 is 9.13 Å². The quantitative estimate of drug-likeness (QED) is 0.163. The first-order valence-corrected chi connectivity index (χ1v) is 17.9. The third-order valence-corrected chi connectivity index (χ3v) is 10.6. The highest BCUT2D eigenvalue weighted by Gasteiger charge is 2.25. The Bertz CT molecular complexity index is 3010. The molecule has 6 heteroatoms. The first-order chi connectivity index (χ1) is 27.0. The van der Waals surface area contributed by atoms with E-state index in [1.165, 1.54) is 6.07 Å². The lowest BCUT2D eigenvalue weighted by atomic mass is 9.99. The normalized spacial score (nSPS) is 11.5. The largest absolute Gasteiger partial charge is 0.308 e. The maximum absolute atomic E-state index is 15.9. The summed E-state index contributed by atoms with van der Waals surface area (Å²) in [7, 11) is 0. The van der Waals surface area contributed by atoms with Crippen LogP contribution in [0.3, 0.4) is 0 Å². The van der Waals surface area contributed by atoms with E-state index < -0.39 is 17.5 Å². The maximum Gasteiger partial charge on any atom is 0.195 e. The van der Waals surface area contributed by atoms with Crippen LogP contribution in [0.5, 0.6) is 0 Å². The molecule has 0 N–H and O–H groups in total. The molecule has 0 fully saturated rings. The van der Waals surface area contributed by atoms with Crippen molar-refractivity contribution in [3.8, 4) is 50.8 Å². The van der Waals surface area contributed by atoms with Gasteiger partial charge in [0.05, 0.1) is 33.4 Å². The number of halogens is 3. The number of fused-ring (bicyclic) bond motifs is 6. The van der Waals surface area contributed by atoms with E-state index in [-0.39, 0.29) is 11.1 Å². The third kappa shape index (κ3) is 5.05. The molecule has 0 amide bonds. The number of hydrogen-bond acceptors (Lipinski definition) is 1. The molecular formula is C49H28F3N3. The molecule has 0 spiro atoms. The van der Waals surface area contributed by atoms with Gasteiger partial charge >= 0.3 is 0 Å². The molecule has 0 aliphatic carbocycles. The van der Waals surface area contributed by atoms with Crippen molar-refractivity contribution in [3.05, 3.63) is 193 Å². The molecule has 2 aromatic heterocycles. The summed E-state index contributed by atoms with van der Waals surface area (Å²) in [5.41, 5.74) is 8.79. The fourth-order valence-corrected chi connectivity index (χ4v) is 8.06. The molecule has 10 aromatic rings. The molecular weight excluding hydrogens is 688 g/mol. The molecule has 0 radical (unpaired) electrons. The molecule has 55 heavy (non-hydrogen) atoms. The summed E-state index contributed by atoms with van der Waals surface area (Å²) < 4.78 is 49.3. The van der Waals surface area contributed by atoms with Gasteiger partial charge in [-0.2, -0.15) is 5.26 Å². The first-order valence-electron chi connectivity index (χ1n) is 17.9. The van der Waals surface area contributed by atoms with E-state index >= 15 is 8.78 Å². The molecule has 0 unspecified atom stereocenters. The van der Waals surface area contributed by atoms with Gasteiger partial charge in [-0.15, -0.1) is 0 Å². The second-order valence-electron chi connectivity index (χ2n) is 13.6. The molecule has 10 rings (SSSR count). The molecule has 260 valence electrons. The van der Waals surface area contributed by atoms with Crippen LogP contribution >= 0.6 is 0 Å². The Morgan fingerprint density at radius 2 is 0.836 bits per heavy atom. The van der Waals surface area contributed by atoms with Crippen molar-refractivity contribution in [1.29, 1.82) is 5.26 Å². The maximum atomic E-state index is 15.9. The zero-order valence-electron chi connectivity index (χ0n) is 29.1. The summed E-state index contributed by atoms with van der Waals surface area (Å²) in [5, 5.41) is 15.2. The van der Waals surface area contributed by atoms with Gasteiger partial charge in [0.15, 0.2) is 17.5 Å². The molecule has 0 aliphatic rings. The van der Waals surface area contributed by atoms with Crippen molar-refractivity contribution in [1.82, 2.24) is 9.13 Å². The van der Waals surface area contributed by atoms with Crippen LogP contribution in [-0.4, -0.2) is 9.13 Å². The van der Waals surface area contributed by atoms with Gasteiger partial charge in [0.25, 0.3) is 0 Å². The van der Waals surface area contributed by atoms with E-state index in [1.807, 2.05) is 118 Å². The predicted molar refractivity (Wildman–Crippen MR) is 216 cm³/mol. The minimum absolute atomic E-state index is 0.123. The minimum atomic E-state index is -1.56. The molecule has 0 bridgehead atoms. The molecule has 0 saturated carbocycles. The Kier molecular flexibility index (Phi) is 7.43. The number of aromatic nitrogens is 2. The van der Waals surface area contributed by atoms with Crippen LogP contribution in [0.1, 0.15) is 5.56 Å². The lowest BCUT2D eigenvalue weighted by molar-refractivity contribution is 0.449. The zero-order chi connectivity index (χ0) is 37.2. The van der Waals surface area contributed by atoms with Crippen LogP contribution in [-0.2, 0) is 0 Å². The SMILES string of the molecule is N#Cc1c(-n2c3ccccc3c3ccc(-c4ccccc4)cc32)cc(-c2ccc(F)c(F)c2F)cc1-n1c2ccccc2c2ccc(-c3ccccc3)cc21. The van der Waals surface area contributed by atoms with E-state index in [2.05, 4.69) is 42.5 Å². The third-order valence-electron chi connectivity index (χ3n) is 10.6. The van der Waals surface area contributed by atoms with Crippen LogP contribution in [0, 0.1) is 28.8 Å². The monoisotopic (exact) mass is 715 g/mol. The summed E-state index contributed by atoms with van der Waals surface area (Å²) in [5.74, 6) is -4.13.